The fourth-order valence-electron chi connectivity index (χ4n) is 3.62. The molecule has 13 heteroatoms. The Bertz CT molecular complexity index is 1720. The van der Waals surface area contributed by atoms with E-state index < -0.39 is 32.5 Å². The molecule has 0 aromatic heterocycles. The maximum Gasteiger partial charge on any atom is 0.264 e. The van der Waals surface area contributed by atoms with E-state index in [0.29, 0.717) is 5.75 Å². The van der Waals surface area contributed by atoms with Crippen LogP contribution in [0.5, 0.6) is 5.75 Å². The fourth-order valence-corrected chi connectivity index (χ4v) is 6.54. The minimum Gasteiger partial charge on any atom is -0.497 e. The molecular formula is C27H23Cl2N3O6S2. The molecule has 0 aliphatic rings. The van der Waals surface area contributed by atoms with Crippen molar-refractivity contribution in [1.82, 2.24) is 0 Å². The fraction of sp³-hybridized carbons (Fsp3) is 0.0741. The molecule has 4 aromatic carbocycles. The number of carbonyl (C=O) groups is 1. The van der Waals surface area contributed by atoms with Crippen molar-refractivity contribution >= 4 is 66.2 Å². The number of carbonyl (C=O) groups excluding carboxylic acids is 1. The van der Waals surface area contributed by atoms with Gasteiger partial charge in [0.1, 0.15) is 12.3 Å². The van der Waals surface area contributed by atoms with E-state index in [1.807, 2.05) is 0 Å². The SMILES string of the molecule is COc1ccc(N(CC(=O)Nc2ccc(S(=O)(=O)Nc3cccc(Cl)c3Cl)cc2)S(=O)(=O)c2ccccc2)cc1. The monoisotopic (exact) mass is 619 g/mol. The van der Waals surface area contributed by atoms with E-state index in [-0.39, 0.29) is 36.9 Å². The number of amides is 1. The van der Waals surface area contributed by atoms with Crippen molar-refractivity contribution in [1.29, 1.82) is 0 Å². The predicted molar refractivity (Wildman–Crippen MR) is 156 cm³/mol. The predicted octanol–water partition coefficient (Wildman–Crippen LogP) is 5.64. The highest BCUT2D eigenvalue weighted by molar-refractivity contribution is 7.93. The lowest BCUT2D eigenvalue weighted by molar-refractivity contribution is -0.114. The molecule has 4 aromatic rings. The van der Waals surface area contributed by atoms with Crippen LogP contribution in [0.15, 0.2) is 107 Å². The highest BCUT2D eigenvalue weighted by Crippen LogP contribution is 2.31. The zero-order valence-electron chi connectivity index (χ0n) is 20.9. The van der Waals surface area contributed by atoms with Gasteiger partial charge >= 0.3 is 0 Å². The number of methoxy groups -OCH3 is 1. The second kappa shape index (κ2) is 12.2. The third-order valence-electron chi connectivity index (χ3n) is 5.62. The summed E-state index contributed by atoms with van der Waals surface area (Å²) in [6.45, 7) is -0.543. The van der Waals surface area contributed by atoms with Crippen molar-refractivity contribution in [3.05, 3.63) is 107 Å². The zero-order valence-corrected chi connectivity index (χ0v) is 24.1. The van der Waals surface area contributed by atoms with Crippen molar-refractivity contribution in [2.45, 2.75) is 9.79 Å². The molecule has 0 atom stereocenters. The first-order valence-electron chi connectivity index (χ1n) is 11.6. The second-order valence-corrected chi connectivity index (χ2v) is 12.6. The van der Waals surface area contributed by atoms with Gasteiger partial charge in [0.05, 0.1) is 38.3 Å². The normalized spacial score (nSPS) is 11.5. The Hall–Kier alpha value is -3.77. The number of nitrogens with zero attached hydrogens (tertiary/aromatic N) is 1. The lowest BCUT2D eigenvalue weighted by atomic mass is 10.3. The molecule has 1 amide bonds. The van der Waals surface area contributed by atoms with E-state index in [2.05, 4.69) is 10.0 Å². The molecule has 0 unspecified atom stereocenters. The molecule has 4 rings (SSSR count). The molecule has 0 fully saturated rings. The first-order valence-corrected chi connectivity index (χ1v) is 15.3. The number of nitrogens with one attached hydrogen (secondary N) is 2. The molecule has 2 N–H and O–H groups in total. The molecule has 0 spiro atoms. The summed E-state index contributed by atoms with van der Waals surface area (Å²) in [5, 5.41) is 2.86. The summed E-state index contributed by atoms with van der Waals surface area (Å²) >= 11 is 12.0. The Morgan fingerprint density at radius 1 is 0.800 bits per heavy atom. The summed E-state index contributed by atoms with van der Waals surface area (Å²) in [7, 11) is -6.63. The van der Waals surface area contributed by atoms with E-state index in [4.69, 9.17) is 27.9 Å². The summed E-state index contributed by atoms with van der Waals surface area (Å²) in [6.07, 6.45) is 0. The summed E-state index contributed by atoms with van der Waals surface area (Å²) in [4.78, 5) is 12.9. The Balaban J connectivity index is 1.53. The standard InChI is InChI=1S/C27H23Cl2N3O6S2/c1-38-21-14-12-20(13-15-21)32(40(36,37)23-6-3-2-4-7-23)18-26(33)30-19-10-16-22(17-11-19)39(34,35)31-25-9-5-8-24(28)27(25)29/h2-17,31H,18H2,1H3,(H,30,33). The van der Waals surface area contributed by atoms with Crippen LogP contribution in [0.25, 0.3) is 0 Å². The summed E-state index contributed by atoms with van der Waals surface area (Å²) in [5.74, 6) is -0.123. The second-order valence-electron chi connectivity index (χ2n) is 8.30. The average molecular weight is 621 g/mol. The molecule has 0 bridgehead atoms. The molecule has 0 aliphatic carbocycles. The molecule has 0 heterocycles. The van der Waals surface area contributed by atoms with E-state index in [1.54, 1.807) is 36.4 Å². The molecule has 9 nitrogen and oxygen atoms in total. The Kier molecular flexibility index (Phi) is 8.89. The average Bonchev–Trinajstić information content (AvgIpc) is 2.95. The summed E-state index contributed by atoms with van der Waals surface area (Å²) < 4.78 is 61.0. The third-order valence-corrected chi connectivity index (χ3v) is 9.61. The van der Waals surface area contributed by atoms with Gasteiger partial charge in [-0.15, -0.1) is 0 Å². The van der Waals surface area contributed by atoms with Gasteiger partial charge in [-0.25, -0.2) is 16.8 Å². The van der Waals surface area contributed by atoms with Crippen molar-refractivity contribution < 1.29 is 26.4 Å². The van der Waals surface area contributed by atoms with Crippen LogP contribution in [0.1, 0.15) is 0 Å². The Morgan fingerprint density at radius 2 is 1.45 bits per heavy atom. The zero-order chi connectivity index (χ0) is 28.9. The maximum absolute atomic E-state index is 13.4. The molecule has 0 saturated carbocycles. The van der Waals surface area contributed by atoms with Crippen LogP contribution >= 0.6 is 23.2 Å². The quantitative estimate of drug-likeness (QED) is 0.237. The van der Waals surface area contributed by atoms with Gasteiger partial charge in [0.25, 0.3) is 20.0 Å². The van der Waals surface area contributed by atoms with E-state index in [0.717, 1.165) is 4.31 Å². The summed E-state index contributed by atoms with van der Waals surface area (Å²) in [5.41, 5.74) is 0.633. The van der Waals surface area contributed by atoms with Crippen LogP contribution in [0.3, 0.4) is 0 Å². The molecule has 40 heavy (non-hydrogen) atoms. The number of hydrogen-bond acceptors (Lipinski definition) is 6. The van der Waals surface area contributed by atoms with Gasteiger partial charge in [-0.1, -0.05) is 47.5 Å². The highest BCUT2D eigenvalue weighted by atomic mass is 35.5. The number of anilines is 3. The van der Waals surface area contributed by atoms with Crippen molar-refractivity contribution in [3.8, 4) is 5.75 Å². The topological polar surface area (TPSA) is 122 Å². The molecular weight excluding hydrogens is 597 g/mol. The minimum absolute atomic E-state index is 0.0143. The third kappa shape index (κ3) is 6.68. The lowest BCUT2D eigenvalue weighted by Crippen LogP contribution is -2.38. The number of sulfonamides is 2. The van der Waals surface area contributed by atoms with Crippen molar-refractivity contribution in [2.24, 2.45) is 0 Å². The number of ether oxygens (including phenoxy) is 1. The molecule has 208 valence electrons. The van der Waals surface area contributed by atoms with Crippen LogP contribution in [-0.2, 0) is 24.8 Å². The summed E-state index contributed by atoms with van der Waals surface area (Å²) in [6, 6.07) is 23.9. The van der Waals surface area contributed by atoms with Gasteiger partial charge < -0.3 is 10.1 Å². The number of benzene rings is 4. The number of rotatable bonds is 10. The van der Waals surface area contributed by atoms with Crippen LogP contribution in [0.2, 0.25) is 10.0 Å². The van der Waals surface area contributed by atoms with Gasteiger partial charge in [-0.3, -0.25) is 13.8 Å². The van der Waals surface area contributed by atoms with Crippen molar-refractivity contribution in [2.75, 3.05) is 28.0 Å². The first kappa shape index (κ1) is 29.2. The smallest absolute Gasteiger partial charge is 0.264 e. The minimum atomic E-state index is -4.10. The van der Waals surface area contributed by atoms with Crippen LogP contribution in [0.4, 0.5) is 17.1 Å². The van der Waals surface area contributed by atoms with Crippen LogP contribution in [-0.4, -0.2) is 36.4 Å². The van der Waals surface area contributed by atoms with E-state index >= 15 is 0 Å². The highest BCUT2D eigenvalue weighted by Gasteiger charge is 2.27. The molecule has 0 saturated heterocycles. The lowest BCUT2D eigenvalue weighted by Gasteiger charge is -2.24. The number of halogens is 2. The van der Waals surface area contributed by atoms with Gasteiger partial charge in [-0.05, 0) is 72.8 Å². The van der Waals surface area contributed by atoms with E-state index in [9.17, 15) is 21.6 Å². The van der Waals surface area contributed by atoms with Crippen LogP contribution < -0.4 is 19.1 Å². The molecule has 0 radical (unpaired) electrons. The van der Waals surface area contributed by atoms with Crippen LogP contribution in [0, 0.1) is 0 Å². The largest absolute Gasteiger partial charge is 0.497 e. The first-order chi connectivity index (χ1) is 19.0. The van der Waals surface area contributed by atoms with Gasteiger partial charge in [0.2, 0.25) is 5.91 Å². The molecule has 0 aliphatic heterocycles. The number of hydrogen-bond donors (Lipinski definition) is 2. The maximum atomic E-state index is 13.4. The van der Waals surface area contributed by atoms with E-state index in [1.165, 1.54) is 67.8 Å². The Morgan fingerprint density at radius 3 is 2.08 bits per heavy atom. The Labute approximate surface area is 242 Å². The van der Waals surface area contributed by atoms with Gasteiger partial charge in [-0.2, -0.15) is 0 Å². The van der Waals surface area contributed by atoms with Gasteiger partial charge in [0, 0.05) is 5.69 Å². The van der Waals surface area contributed by atoms with Gasteiger partial charge in [0.15, 0.2) is 0 Å². The van der Waals surface area contributed by atoms with Crippen molar-refractivity contribution in [3.63, 3.8) is 0 Å².